The lowest BCUT2D eigenvalue weighted by atomic mass is 10.3. The van der Waals surface area contributed by atoms with Crippen LogP contribution in [0.3, 0.4) is 0 Å². The molecule has 0 aliphatic carbocycles. The second-order valence-corrected chi connectivity index (χ2v) is 6.34. The first-order valence-electron chi connectivity index (χ1n) is 7.70. The van der Waals surface area contributed by atoms with Gasteiger partial charge in [-0.05, 0) is 48.2 Å². The van der Waals surface area contributed by atoms with Crippen LogP contribution in [0, 0.1) is 0 Å². The summed E-state index contributed by atoms with van der Waals surface area (Å²) >= 11 is 1.33. The van der Waals surface area contributed by atoms with Crippen LogP contribution in [-0.4, -0.2) is 16.0 Å². The summed E-state index contributed by atoms with van der Waals surface area (Å²) in [5.74, 6) is 1.22. The molecule has 4 rings (SSSR count). The highest BCUT2D eigenvalue weighted by molar-refractivity contribution is 8.18. The minimum Gasteiger partial charge on any atom is -0.467 e. The first-order chi connectivity index (χ1) is 12.3. The molecule has 1 aliphatic heterocycles. The molecule has 1 saturated heterocycles. The highest BCUT2D eigenvalue weighted by Gasteiger charge is 2.34. The number of hydrogen-bond acceptors (Lipinski definition) is 5. The minimum absolute atomic E-state index is 0.118. The Morgan fingerprint density at radius 1 is 1.00 bits per heavy atom. The number of amides is 1. The molecule has 0 radical (unpaired) electrons. The molecule has 1 aromatic carbocycles. The Morgan fingerprint density at radius 2 is 1.80 bits per heavy atom. The molecule has 0 N–H and O–H groups in total. The number of thioether (sulfide) groups is 1. The van der Waals surface area contributed by atoms with Gasteiger partial charge in [-0.15, -0.1) is 0 Å². The topological polar surface area (TPSA) is 59.0 Å². The van der Waals surface area contributed by atoms with E-state index in [1.54, 1.807) is 35.6 Å². The Labute approximate surface area is 148 Å². The van der Waals surface area contributed by atoms with Crippen molar-refractivity contribution >= 4 is 34.6 Å². The molecule has 5 nitrogen and oxygen atoms in total. The third-order valence-electron chi connectivity index (χ3n) is 3.58. The number of hydrogen-bond donors (Lipinski definition) is 0. The standard InChI is InChI=1S/C19H14N2O3S/c22-18-17(12-15-8-4-10-23-15)25-19(20-14-6-2-1-3-7-14)21(18)13-16-9-5-11-24-16/h1-12H,13H2/b17-12-,20-19?. The van der Waals surface area contributed by atoms with Gasteiger partial charge >= 0.3 is 0 Å². The van der Waals surface area contributed by atoms with Gasteiger partial charge in [-0.2, -0.15) is 0 Å². The summed E-state index contributed by atoms with van der Waals surface area (Å²) in [4.78, 5) is 19.6. The lowest BCUT2D eigenvalue weighted by Gasteiger charge is -2.13. The van der Waals surface area contributed by atoms with Crippen LogP contribution in [0.1, 0.15) is 11.5 Å². The fourth-order valence-corrected chi connectivity index (χ4v) is 3.38. The Morgan fingerprint density at radius 3 is 2.52 bits per heavy atom. The molecule has 6 heteroatoms. The number of para-hydroxylation sites is 1. The molecule has 25 heavy (non-hydrogen) atoms. The summed E-state index contributed by atoms with van der Waals surface area (Å²) in [5, 5.41) is 0.616. The van der Waals surface area contributed by atoms with E-state index >= 15 is 0 Å². The lowest BCUT2D eigenvalue weighted by Crippen LogP contribution is -2.28. The van der Waals surface area contributed by atoms with Crippen molar-refractivity contribution in [3.8, 4) is 0 Å². The highest BCUT2D eigenvalue weighted by atomic mass is 32.2. The molecule has 0 spiro atoms. The van der Waals surface area contributed by atoms with Gasteiger partial charge < -0.3 is 8.83 Å². The second kappa shape index (κ2) is 6.86. The summed E-state index contributed by atoms with van der Waals surface area (Å²) in [6.07, 6.45) is 4.91. The maximum absolute atomic E-state index is 12.8. The van der Waals surface area contributed by atoms with Crippen molar-refractivity contribution in [2.45, 2.75) is 6.54 Å². The van der Waals surface area contributed by atoms with Crippen LogP contribution in [-0.2, 0) is 11.3 Å². The molecule has 0 bridgehead atoms. The summed E-state index contributed by atoms with van der Waals surface area (Å²) < 4.78 is 10.7. The number of carbonyl (C=O) groups is 1. The van der Waals surface area contributed by atoms with Crippen molar-refractivity contribution in [3.05, 3.63) is 83.5 Å². The second-order valence-electron chi connectivity index (χ2n) is 5.33. The van der Waals surface area contributed by atoms with Crippen molar-refractivity contribution < 1.29 is 13.6 Å². The number of amidine groups is 1. The van der Waals surface area contributed by atoms with E-state index in [0.717, 1.165) is 5.69 Å². The Hall–Kier alpha value is -2.99. The Balaban J connectivity index is 1.69. The van der Waals surface area contributed by atoms with Crippen LogP contribution in [0.25, 0.3) is 6.08 Å². The van der Waals surface area contributed by atoms with E-state index in [4.69, 9.17) is 8.83 Å². The first-order valence-corrected chi connectivity index (χ1v) is 8.52. The Kier molecular flexibility index (Phi) is 4.26. The molecule has 0 saturated carbocycles. The number of aliphatic imine (C=N–C) groups is 1. The van der Waals surface area contributed by atoms with E-state index in [2.05, 4.69) is 4.99 Å². The molecule has 1 fully saturated rings. The Bertz CT molecular complexity index is 913. The van der Waals surface area contributed by atoms with E-state index < -0.39 is 0 Å². The third kappa shape index (κ3) is 3.44. The SMILES string of the molecule is O=C1/C(=C/c2ccco2)SC(=Nc2ccccc2)N1Cc1ccco1. The van der Waals surface area contributed by atoms with Gasteiger partial charge in [0, 0.05) is 6.08 Å². The number of benzene rings is 1. The first kappa shape index (κ1) is 15.5. The molecule has 3 aromatic rings. The predicted octanol–water partition coefficient (Wildman–Crippen LogP) is 4.68. The van der Waals surface area contributed by atoms with Gasteiger partial charge in [0.05, 0.1) is 29.7 Å². The normalized spacial score (nSPS) is 17.8. The van der Waals surface area contributed by atoms with Gasteiger partial charge in [0.2, 0.25) is 0 Å². The smallest absolute Gasteiger partial charge is 0.267 e. The zero-order valence-corrected chi connectivity index (χ0v) is 14.0. The summed E-state index contributed by atoms with van der Waals surface area (Å²) in [6.45, 7) is 0.333. The molecule has 1 aliphatic rings. The molecule has 0 atom stereocenters. The molecule has 3 heterocycles. The average Bonchev–Trinajstić information content (AvgIpc) is 3.37. The monoisotopic (exact) mass is 350 g/mol. The molecular weight excluding hydrogens is 336 g/mol. The third-order valence-corrected chi connectivity index (χ3v) is 4.59. The molecular formula is C19H14N2O3S. The van der Waals surface area contributed by atoms with Crippen LogP contribution in [0.5, 0.6) is 0 Å². The highest BCUT2D eigenvalue weighted by Crippen LogP contribution is 2.35. The number of rotatable bonds is 4. The summed E-state index contributed by atoms with van der Waals surface area (Å²) in [6, 6.07) is 16.8. The molecule has 124 valence electrons. The fourth-order valence-electron chi connectivity index (χ4n) is 2.40. The quantitative estimate of drug-likeness (QED) is 0.641. The minimum atomic E-state index is -0.118. The zero-order chi connectivity index (χ0) is 17.1. The zero-order valence-electron chi connectivity index (χ0n) is 13.2. The van der Waals surface area contributed by atoms with Crippen molar-refractivity contribution in [1.29, 1.82) is 0 Å². The molecule has 2 aromatic heterocycles. The van der Waals surface area contributed by atoms with Crippen molar-refractivity contribution in [2.75, 3.05) is 0 Å². The van der Waals surface area contributed by atoms with E-state index in [1.165, 1.54) is 11.8 Å². The average molecular weight is 350 g/mol. The fraction of sp³-hybridized carbons (Fsp3) is 0.0526. The maximum Gasteiger partial charge on any atom is 0.267 e. The number of nitrogens with zero attached hydrogens (tertiary/aromatic N) is 2. The van der Waals surface area contributed by atoms with Crippen LogP contribution in [0.15, 0.2) is 85.9 Å². The largest absolute Gasteiger partial charge is 0.467 e. The lowest BCUT2D eigenvalue weighted by molar-refractivity contribution is -0.122. The number of carbonyl (C=O) groups excluding carboxylic acids is 1. The van der Waals surface area contributed by atoms with Crippen LogP contribution < -0.4 is 0 Å². The van der Waals surface area contributed by atoms with Gasteiger partial charge in [0.15, 0.2) is 5.17 Å². The summed E-state index contributed by atoms with van der Waals surface area (Å²) in [5.41, 5.74) is 0.793. The molecule has 0 unspecified atom stereocenters. The van der Waals surface area contributed by atoms with Crippen molar-refractivity contribution in [2.24, 2.45) is 4.99 Å². The van der Waals surface area contributed by atoms with Gasteiger partial charge in [-0.25, -0.2) is 4.99 Å². The summed E-state index contributed by atoms with van der Waals surface area (Å²) in [7, 11) is 0. The van der Waals surface area contributed by atoms with Gasteiger partial charge in [0.25, 0.3) is 5.91 Å². The van der Waals surface area contributed by atoms with Crippen LogP contribution in [0.4, 0.5) is 5.69 Å². The maximum atomic E-state index is 12.8. The predicted molar refractivity (Wildman–Crippen MR) is 97.1 cm³/mol. The van der Waals surface area contributed by atoms with Gasteiger partial charge in [-0.1, -0.05) is 18.2 Å². The van der Waals surface area contributed by atoms with E-state index in [0.29, 0.717) is 28.1 Å². The van der Waals surface area contributed by atoms with Crippen molar-refractivity contribution in [1.82, 2.24) is 4.90 Å². The van der Waals surface area contributed by atoms with Crippen LogP contribution >= 0.6 is 11.8 Å². The van der Waals surface area contributed by atoms with Gasteiger partial charge in [-0.3, -0.25) is 9.69 Å². The van der Waals surface area contributed by atoms with E-state index in [-0.39, 0.29) is 5.91 Å². The number of furan rings is 2. The van der Waals surface area contributed by atoms with Gasteiger partial charge in [0.1, 0.15) is 11.5 Å². The van der Waals surface area contributed by atoms with E-state index in [1.807, 2.05) is 42.5 Å². The van der Waals surface area contributed by atoms with Crippen LogP contribution in [0.2, 0.25) is 0 Å². The van der Waals surface area contributed by atoms with Crippen molar-refractivity contribution in [3.63, 3.8) is 0 Å². The van der Waals surface area contributed by atoms with E-state index in [9.17, 15) is 4.79 Å². The molecule has 1 amide bonds.